The summed E-state index contributed by atoms with van der Waals surface area (Å²) in [4.78, 5) is 0. The number of benzene rings is 1. The summed E-state index contributed by atoms with van der Waals surface area (Å²) < 4.78 is 5.56. The Morgan fingerprint density at radius 2 is 2.23 bits per heavy atom. The largest absolute Gasteiger partial charge is 0.494 e. The van der Waals surface area contributed by atoms with E-state index in [4.69, 9.17) is 10.5 Å². The lowest BCUT2D eigenvalue weighted by Gasteiger charge is -2.05. The van der Waals surface area contributed by atoms with Crippen LogP contribution in [0.1, 0.15) is 19.3 Å². The van der Waals surface area contributed by atoms with E-state index in [0.29, 0.717) is 0 Å². The number of hydrogen-bond acceptors (Lipinski definition) is 2. The van der Waals surface area contributed by atoms with Gasteiger partial charge in [-0.25, -0.2) is 0 Å². The van der Waals surface area contributed by atoms with Gasteiger partial charge in [0.2, 0.25) is 0 Å². The molecule has 1 aromatic carbocycles. The summed E-state index contributed by atoms with van der Waals surface area (Å²) in [5.41, 5.74) is 6.39. The zero-order chi connectivity index (χ0) is 9.10. The maximum absolute atomic E-state index is 5.62. The van der Waals surface area contributed by atoms with E-state index in [1.165, 1.54) is 19.3 Å². The van der Waals surface area contributed by atoms with Crippen LogP contribution < -0.4 is 10.5 Å². The van der Waals surface area contributed by atoms with Crippen LogP contribution in [0.15, 0.2) is 24.3 Å². The summed E-state index contributed by atoms with van der Waals surface area (Å²) in [5, 5.41) is 0. The second kappa shape index (κ2) is 3.69. The number of anilines is 1. The molecule has 0 heterocycles. The minimum atomic E-state index is 0.768. The molecular formula is C11H15NO. The number of rotatable bonds is 4. The van der Waals surface area contributed by atoms with Gasteiger partial charge in [0.05, 0.1) is 6.61 Å². The van der Waals surface area contributed by atoms with Gasteiger partial charge in [-0.15, -0.1) is 0 Å². The summed E-state index contributed by atoms with van der Waals surface area (Å²) in [6.45, 7) is 0.828. The molecule has 0 atom stereocenters. The molecule has 0 spiro atoms. The van der Waals surface area contributed by atoms with Crippen LogP contribution in [-0.4, -0.2) is 6.61 Å². The minimum Gasteiger partial charge on any atom is -0.494 e. The van der Waals surface area contributed by atoms with Crippen molar-refractivity contribution in [3.8, 4) is 5.75 Å². The van der Waals surface area contributed by atoms with Gasteiger partial charge >= 0.3 is 0 Å². The molecule has 2 rings (SSSR count). The van der Waals surface area contributed by atoms with Gasteiger partial charge in [-0.1, -0.05) is 18.9 Å². The van der Waals surface area contributed by atoms with Crippen LogP contribution >= 0.6 is 0 Å². The van der Waals surface area contributed by atoms with Crippen LogP contribution in [0.4, 0.5) is 5.69 Å². The first-order valence-electron chi connectivity index (χ1n) is 4.83. The molecule has 0 radical (unpaired) electrons. The monoisotopic (exact) mass is 177 g/mol. The fourth-order valence-electron chi connectivity index (χ4n) is 1.35. The highest BCUT2D eigenvalue weighted by atomic mass is 16.5. The van der Waals surface area contributed by atoms with Crippen molar-refractivity contribution in [2.75, 3.05) is 12.3 Å². The molecule has 0 unspecified atom stereocenters. The Bertz CT molecular complexity index is 281. The summed E-state index contributed by atoms with van der Waals surface area (Å²) in [7, 11) is 0. The van der Waals surface area contributed by atoms with Gasteiger partial charge in [0.15, 0.2) is 0 Å². The topological polar surface area (TPSA) is 35.2 Å². The van der Waals surface area contributed by atoms with Crippen molar-refractivity contribution in [2.45, 2.75) is 19.3 Å². The number of hydrogen-bond donors (Lipinski definition) is 1. The Balaban J connectivity index is 1.79. The SMILES string of the molecule is Nc1cccc(OCCC2CC2)c1. The third kappa shape index (κ3) is 2.65. The Kier molecular flexibility index (Phi) is 2.39. The standard InChI is InChI=1S/C11H15NO/c12-10-2-1-3-11(8-10)13-7-6-9-4-5-9/h1-3,8-9H,4-7,12H2. The van der Waals surface area contributed by atoms with Crippen molar-refractivity contribution < 1.29 is 4.74 Å². The smallest absolute Gasteiger partial charge is 0.121 e. The van der Waals surface area contributed by atoms with Crippen LogP contribution in [0.2, 0.25) is 0 Å². The zero-order valence-corrected chi connectivity index (χ0v) is 7.70. The van der Waals surface area contributed by atoms with Crippen LogP contribution in [-0.2, 0) is 0 Å². The molecule has 1 fully saturated rings. The van der Waals surface area contributed by atoms with Crippen LogP contribution in [0, 0.1) is 5.92 Å². The van der Waals surface area contributed by atoms with E-state index in [9.17, 15) is 0 Å². The van der Waals surface area contributed by atoms with Gasteiger partial charge in [-0.2, -0.15) is 0 Å². The van der Waals surface area contributed by atoms with Crippen molar-refractivity contribution >= 4 is 5.69 Å². The van der Waals surface area contributed by atoms with Crippen molar-refractivity contribution in [3.63, 3.8) is 0 Å². The fraction of sp³-hybridized carbons (Fsp3) is 0.455. The van der Waals surface area contributed by atoms with Gasteiger partial charge in [0.25, 0.3) is 0 Å². The van der Waals surface area contributed by atoms with Crippen molar-refractivity contribution in [1.29, 1.82) is 0 Å². The first-order chi connectivity index (χ1) is 6.34. The number of nitrogen functional groups attached to an aromatic ring is 1. The van der Waals surface area contributed by atoms with Crippen LogP contribution in [0.3, 0.4) is 0 Å². The Morgan fingerprint density at radius 1 is 1.38 bits per heavy atom. The Hall–Kier alpha value is -1.18. The molecule has 0 saturated heterocycles. The lowest BCUT2D eigenvalue weighted by molar-refractivity contribution is 0.302. The molecule has 1 aromatic rings. The highest BCUT2D eigenvalue weighted by Crippen LogP contribution is 2.32. The molecule has 2 nitrogen and oxygen atoms in total. The maximum atomic E-state index is 5.62. The first-order valence-corrected chi connectivity index (χ1v) is 4.83. The molecule has 0 aliphatic heterocycles. The molecule has 1 saturated carbocycles. The first kappa shape index (κ1) is 8.42. The molecule has 13 heavy (non-hydrogen) atoms. The number of nitrogens with two attached hydrogens (primary N) is 1. The van der Waals surface area contributed by atoms with E-state index in [2.05, 4.69) is 0 Å². The van der Waals surface area contributed by atoms with Crippen molar-refractivity contribution in [2.24, 2.45) is 5.92 Å². The average molecular weight is 177 g/mol. The highest BCUT2D eigenvalue weighted by Gasteiger charge is 2.20. The van der Waals surface area contributed by atoms with E-state index in [-0.39, 0.29) is 0 Å². The number of ether oxygens (including phenoxy) is 1. The average Bonchev–Trinajstić information content (AvgIpc) is 2.88. The predicted molar refractivity (Wildman–Crippen MR) is 53.7 cm³/mol. The van der Waals surface area contributed by atoms with E-state index >= 15 is 0 Å². The molecule has 2 N–H and O–H groups in total. The van der Waals surface area contributed by atoms with E-state index in [1.54, 1.807) is 0 Å². The van der Waals surface area contributed by atoms with E-state index in [1.807, 2.05) is 24.3 Å². The van der Waals surface area contributed by atoms with Crippen LogP contribution in [0.5, 0.6) is 5.75 Å². The Labute approximate surface area is 78.7 Å². The third-order valence-corrected chi connectivity index (χ3v) is 2.35. The second-order valence-electron chi connectivity index (χ2n) is 3.65. The van der Waals surface area contributed by atoms with Gasteiger partial charge in [0, 0.05) is 11.8 Å². The molecule has 2 heteroatoms. The second-order valence-corrected chi connectivity index (χ2v) is 3.65. The Morgan fingerprint density at radius 3 is 2.92 bits per heavy atom. The van der Waals surface area contributed by atoms with E-state index < -0.39 is 0 Å². The molecule has 0 aromatic heterocycles. The van der Waals surface area contributed by atoms with E-state index in [0.717, 1.165) is 24.0 Å². The normalized spacial score (nSPS) is 15.7. The summed E-state index contributed by atoms with van der Waals surface area (Å²) >= 11 is 0. The third-order valence-electron chi connectivity index (χ3n) is 2.35. The van der Waals surface area contributed by atoms with Gasteiger partial charge < -0.3 is 10.5 Å². The zero-order valence-electron chi connectivity index (χ0n) is 7.70. The van der Waals surface area contributed by atoms with Crippen molar-refractivity contribution in [1.82, 2.24) is 0 Å². The molecule has 0 bridgehead atoms. The lowest BCUT2D eigenvalue weighted by Crippen LogP contribution is -1.98. The molecule has 1 aliphatic carbocycles. The molecule has 70 valence electrons. The quantitative estimate of drug-likeness (QED) is 0.717. The summed E-state index contributed by atoms with van der Waals surface area (Å²) in [6.07, 6.45) is 3.97. The summed E-state index contributed by atoms with van der Waals surface area (Å²) in [6, 6.07) is 7.60. The highest BCUT2D eigenvalue weighted by molar-refractivity contribution is 5.43. The molecule has 0 amide bonds. The summed E-state index contributed by atoms with van der Waals surface area (Å²) in [5.74, 6) is 1.82. The van der Waals surface area contributed by atoms with Gasteiger partial charge in [-0.3, -0.25) is 0 Å². The molecule has 1 aliphatic rings. The van der Waals surface area contributed by atoms with Crippen LogP contribution in [0.25, 0.3) is 0 Å². The minimum absolute atomic E-state index is 0.768. The maximum Gasteiger partial charge on any atom is 0.121 e. The molecular weight excluding hydrogens is 162 g/mol. The van der Waals surface area contributed by atoms with Gasteiger partial charge in [0.1, 0.15) is 5.75 Å². The lowest BCUT2D eigenvalue weighted by atomic mass is 10.3. The van der Waals surface area contributed by atoms with Gasteiger partial charge in [-0.05, 0) is 24.5 Å². The fourth-order valence-corrected chi connectivity index (χ4v) is 1.35. The van der Waals surface area contributed by atoms with Crippen molar-refractivity contribution in [3.05, 3.63) is 24.3 Å². The predicted octanol–water partition coefficient (Wildman–Crippen LogP) is 2.45.